The molecule has 0 N–H and O–H groups in total. The minimum atomic E-state index is -0.347. The average molecular weight is 211 g/mol. The maximum Gasteiger partial charge on any atom is 0.310 e. The van der Waals surface area contributed by atoms with Crippen LogP contribution in [0.1, 0.15) is 45.2 Å². The van der Waals surface area contributed by atoms with Crippen molar-refractivity contribution in [3.8, 4) is 0 Å². The van der Waals surface area contributed by atoms with Gasteiger partial charge in [0.1, 0.15) is 11.9 Å². The number of nitrogens with zero attached hydrogens (tertiary/aromatic N) is 3. The van der Waals surface area contributed by atoms with Crippen molar-refractivity contribution in [2.24, 2.45) is 0 Å². The molecule has 1 unspecified atom stereocenters. The lowest BCUT2D eigenvalue weighted by molar-refractivity contribution is -0.385. The minimum absolute atomic E-state index is 0.142. The lowest BCUT2D eigenvalue weighted by Gasteiger charge is -2.02. The molecule has 0 aliphatic rings. The summed E-state index contributed by atoms with van der Waals surface area (Å²) in [4.78, 5) is 10.5. The molecule has 1 atom stereocenters. The zero-order valence-corrected chi connectivity index (χ0v) is 9.43. The fraction of sp³-hybridized carbons (Fsp3) is 0.700. The Morgan fingerprint density at radius 2 is 2.27 bits per heavy atom. The van der Waals surface area contributed by atoms with Gasteiger partial charge in [-0.15, -0.1) is 0 Å². The van der Waals surface area contributed by atoms with E-state index in [0.29, 0.717) is 5.69 Å². The van der Waals surface area contributed by atoms with Crippen LogP contribution in [0.5, 0.6) is 0 Å². The molecule has 0 aliphatic carbocycles. The molecule has 84 valence electrons. The van der Waals surface area contributed by atoms with Gasteiger partial charge in [-0.25, -0.2) is 0 Å². The highest BCUT2D eigenvalue weighted by molar-refractivity contribution is 5.34. The van der Waals surface area contributed by atoms with Gasteiger partial charge in [0.2, 0.25) is 0 Å². The minimum Gasteiger partial charge on any atom is -0.265 e. The van der Waals surface area contributed by atoms with E-state index in [1.54, 1.807) is 4.68 Å². The normalized spacial score (nSPS) is 12.7. The lowest BCUT2D eigenvalue weighted by Crippen LogP contribution is -2.00. The molecule has 0 saturated carbocycles. The smallest absolute Gasteiger partial charge is 0.265 e. The number of nitro groups is 1. The van der Waals surface area contributed by atoms with Gasteiger partial charge >= 0.3 is 5.69 Å². The molecule has 0 bridgehead atoms. The van der Waals surface area contributed by atoms with E-state index in [4.69, 9.17) is 0 Å². The first-order valence-electron chi connectivity index (χ1n) is 5.31. The first-order valence-corrected chi connectivity index (χ1v) is 5.31. The molecule has 1 aromatic rings. The van der Waals surface area contributed by atoms with Crippen LogP contribution in [-0.2, 0) is 6.54 Å². The van der Waals surface area contributed by atoms with Gasteiger partial charge in [-0.3, -0.25) is 14.8 Å². The van der Waals surface area contributed by atoms with Crippen molar-refractivity contribution in [3.63, 3.8) is 0 Å². The molecule has 0 aliphatic heterocycles. The van der Waals surface area contributed by atoms with Gasteiger partial charge in [0.05, 0.1) is 4.92 Å². The predicted octanol–water partition coefficient (Wildman–Crippen LogP) is 2.71. The SMILES string of the molecule is CCCn1cc([N+](=O)[O-])c(C(C)CC)n1. The Bertz CT molecular complexity index is 346. The maximum atomic E-state index is 10.8. The second kappa shape index (κ2) is 4.91. The summed E-state index contributed by atoms with van der Waals surface area (Å²) in [5, 5.41) is 15.1. The van der Waals surface area contributed by atoms with Crippen molar-refractivity contribution in [3.05, 3.63) is 22.0 Å². The van der Waals surface area contributed by atoms with E-state index < -0.39 is 0 Å². The number of hydrogen-bond acceptors (Lipinski definition) is 3. The Kier molecular flexibility index (Phi) is 3.82. The third kappa shape index (κ3) is 2.55. The van der Waals surface area contributed by atoms with E-state index in [1.807, 2.05) is 20.8 Å². The van der Waals surface area contributed by atoms with Gasteiger partial charge in [-0.1, -0.05) is 20.8 Å². The fourth-order valence-corrected chi connectivity index (χ4v) is 1.45. The summed E-state index contributed by atoms with van der Waals surface area (Å²) in [6.07, 6.45) is 3.33. The average Bonchev–Trinajstić information content (AvgIpc) is 2.61. The molecule has 0 amide bonds. The van der Waals surface area contributed by atoms with E-state index in [1.165, 1.54) is 6.20 Å². The summed E-state index contributed by atoms with van der Waals surface area (Å²) in [6.45, 7) is 6.73. The van der Waals surface area contributed by atoms with Crippen LogP contribution in [-0.4, -0.2) is 14.7 Å². The summed E-state index contributed by atoms with van der Waals surface area (Å²) in [5.41, 5.74) is 0.758. The number of hydrogen-bond donors (Lipinski definition) is 0. The zero-order valence-electron chi connectivity index (χ0n) is 9.43. The second-order valence-electron chi connectivity index (χ2n) is 3.73. The molecule has 15 heavy (non-hydrogen) atoms. The van der Waals surface area contributed by atoms with Crippen molar-refractivity contribution in [2.45, 2.75) is 46.1 Å². The third-order valence-electron chi connectivity index (χ3n) is 2.50. The van der Waals surface area contributed by atoms with Crippen LogP contribution in [0.25, 0.3) is 0 Å². The Labute approximate surface area is 89.2 Å². The van der Waals surface area contributed by atoms with E-state index in [9.17, 15) is 10.1 Å². The van der Waals surface area contributed by atoms with Crippen molar-refractivity contribution in [1.82, 2.24) is 9.78 Å². The third-order valence-corrected chi connectivity index (χ3v) is 2.50. The van der Waals surface area contributed by atoms with Crippen molar-refractivity contribution in [2.75, 3.05) is 0 Å². The van der Waals surface area contributed by atoms with Gasteiger partial charge in [-0.05, 0) is 12.8 Å². The number of rotatable bonds is 5. The molecule has 0 fully saturated rings. The highest BCUT2D eigenvalue weighted by Crippen LogP contribution is 2.26. The Hall–Kier alpha value is -1.39. The molecule has 0 radical (unpaired) electrons. The van der Waals surface area contributed by atoms with Crippen LogP contribution in [0.2, 0.25) is 0 Å². The molecule has 0 aromatic carbocycles. The van der Waals surface area contributed by atoms with Crippen LogP contribution < -0.4 is 0 Å². The zero-order chi connectivity index (χ0) is 11.4. The van der Waals surface area contributed by atoms with Gasteiger partial charge in [0.15, 0.2) is 0 Å². The quantitative estimate of drug-likeness (QED) is 0.555. The molecule has 0 saturated heterocycles. The summed E-state index contributed by atoms with van der Waals surface area (Å²) in [6, 6.07) is 0. The molecular weight excluding hydrogens is 194 g/mol. The highest BCUT2D eigenvalue weighted by atomic mass is 16.6. The monoisotopic (exact) mass is 211 g/mol. The van der Waals surface area contributed by atoms with Gasteiger partial charge in [0, 0.05) is 12.5 Å². The van der Waals surface area contributed by atoms with Gasteiger partial charge in [0.25, 0.3) is 0 Å². The first kappa shape index (κ1) is 11.7. The number of aryl methyl sites for hydroxylation is 1. The van der Waals surface area contributed by atoms with E-state index in [0.717, 1.165) is 19.4 Å². The second-order valence-corrected chi connectivity index (χ2v) is 3.73. The van der Waals surface area contributed by atoms with Crippen LogP contribution in [0.3, 0.4) is 0 Å². The largest absolute Gasteiger partial charge is 0.310 e. The molecular formula is C10H17N3O2. The first-order chi connectivity index (χ1) is 7.10. The Morgan fingerprint density at radius 3 is 2.73 bits per heavy atom. The molecule has 1 heterocycles. The maximum absolute atomic E-state index is 10.8. The highest BCUT2D eigenvalue weighted by Gasteiger charge is 2.22. The summed E-state index contributed by atoms with van der Waals surface area (Å²) >= 11 is 0. The van der Waals surface area contributed by atoms with Crippen molar-refractivity contribution < 1.29 is 4.92 Å². The van der Waals surface area contributed by atoms with Crippen molar-refractivity contribution in [1.29, 1.82) is 0 Å². The molecule has 5 nitrogen and oxygen atoms in total. The molecule has 1 aromatic heterocycles. The van der Waals surface area contributed by atoms with Crippen molar-refractivity contribution >= 4 is 5.69 Å². The van der Waals surface area contributed by atoms with Gasteiger partial charge < -0.3 is 0 Å². The van der Waals surface area contributed by atoms with E-state index >= 15 is 0 Å². The fourth-order valence-electron chi connectivity index (χ4n) is 1.45. The van der Waals surface area contributed by atoms with Gasteiger partial charge in [-0.2, -0.15) is 5.10 Å². The van der Waals surface area contributed by atoms with Crippen LogP contribution in [0.15, 0.2) is 6.20 Å². The topological polar surface area (TPSA) is 61.0 Å². The molecule has 5 heteroatoms. The summed E-state index contributed by atoms with van der Waals surface area (Å²) in [7, 11) is 0. The predicted molar refractivity (Wildman–Crippen MR) is 57.9 cm³/mol. The number of aromatic nitrogens is 2. The molecule has 0 spiro atoms. The van der Waals surface area contributed by atoms with E-state index in [2.05, 4.69) is 5.10 Å². The van der Waals surface area contributed by atoms with Crippen LogP contribution >= 0.6 is 0 Å². The lowest BCUT2D eigenvalue weighted by atomic mass is 10.0. The van der Waals surface area contributed by atoms with Crippen LogP contribution in [0, 0.1) is 10.1 Å². The van der Waals surface area contributed by atoms with E-state index in [-0.39, 0.29) is 16.5 Å². The Balaban J connectivity index is 3.05. The Morgan fingerprint density at radius 1 is 1.60 bits per heavy atom. The summed E-state index contributed by atoms with van der Waals surface area (Å²) in [5.74, 6) is 0.142. The summed E-state index contributed by atoms with van der Waals surface area (Å²) < 4.78 is 1.67. The molecule has 1 rings (SSSR count). The van der Waals surface area contributed by atoms with Crippen LogP contribution in [0.4, 0.5) is 5.69 Å². The standard InChI is InChI=1S/C10H17N3O2/c1-4-6-12-7-9(13(14)15)10(11-12)8(3)5-2/h7-8H,4-6H2,1-3H3.